The zero-order valence-electron chi connectivity index (χ0n) is 36.3. The molecule has 1 saturated carbocycles. The molecule has 0 aromatic rings. The number of Topliss-reactive ketones (excluding diaryl/α,β-unsaturated/α-hetero) is 2. The van der Waals surface area contributed by atoms with Crippen molar-refractivity contribution in [1.82, 2.24) is 4.90 Å². The maximum absolute atomic E-state index is 14.4. The Labute approximate surface area is 341 Å². The summed E-state index contributed by atoms with van der Waals surface area (Å²) in [7, 11) is 3.16. The van der Waals surface area contributed by atoms with Crippen molar-refractivity contribution in [3.63, 3.8) is 0 Å². The predicted octanol–water partition coefficient (Wildman–Crippen LogP) is 5.87. The van der Waals surface area contributed by atoms with E-state index in [4.69, 9.17) is 18.9 Å². The number of hydrogen-bond donors (Lipinski definition) is 3. The Morgan fingerprint density at radius 1 is 0.965 bits per heavy atom. The summed E-state index contributed by atoms with van der Waals surface area (Å²) in [5.74, 6) is -7.15. The number of amides is 1. The molecule has 57 heavy (non-hydrogen) atoms. The van der Waals surface area contributed by atoms with Gasteiger partial charge in [0.05, 0.1) is 30.5 Å². The van der Waals surface area contributed by atoms with E-state index in [1.807, 2.05) is 39.8 Å². The van der Waals surface area contributed by atoms with E-state index in [9.17, 15) is 34.5 Å². The van der Waals surface area contributed by atoms with Gasteiger partial charge in [0.2, 0.25) is 5.79 Å². The Morgan fingerprint density at radius 3 is 2.28 bits per heavy atom. The van der Waals surface area contributed by atoms with Crippen molar-refractivity contribution < 1.29 is 53.4 Å². The number of cyclic esters (lactones) is 1. The van der Waals surface area contributed by atoms with Gasteiger partial charge in [0, 0.05) is 44.9 Å². The lowest BCUT2D eigenvalue weighted by Crippen LogP contribution is -2.63. The maximum Gasteiger partial charge on any atom is 0.329 e. The van der Waals surface area contributed by atoms with Crippen LogP contribution in [0.5, 0.6) is 0 Å². The molecular formula is C45H73NO11. The SMILES string of the molecule is CC[C@H]1C[C@@H](C)[C@@]2(O)O[C@H]1[C@@H](OC)C[C@@H](C)C/C(C)=C/[C@@H](CC)C(=O)C[C@H](O)[C@@H](C)[C@@H](/C(C)=C/[C@@]1(C)CC[C@@H](O)[C@H](OC)C1)OC(=O)C1CCCCN1C(=O)C2=O. The summed E-state index contributed by atoms with van der Waals surface area (Å²) in [5, 5.41) is 34.3. The summed E-state index contributed by atoms with van der Waals surface area (Å²) < 4.78 is 24.3. The van der Waals surface area contributed by atoms with Crippen LogP contribution in [0.15, 0.2) is 23.3 Å². The number of rotatable bonds is 6. The highest BCUT2D eigenvalue weighted by atomic mass is 16.7. The van der Waals surface area contributed by atoms with Crippen LogP contribution in [0.3, 0.4) is 0 Å². The number of carbonyl (C=O) groups excluding carboxylic acids is 4. The minimum Gasteiger partial charge on any atom is -0.456 e. The molecule has 14 atom stereocenters. The van der Waals surface area contributed by atoms with Gasteiger partial charge in [-0.1, -0.05) is 65.7 Å². The molecule has 1 amide bonds. The molecule has 0 aromatic heterocycles. The monoisotopic (exact) mass is 804 g/mol. The van der Waals surface area contributed by atoms with Crippen LogP contribution in [0, 0.1) is 35.0 Å². The molecule has 12 heteroatoms. The number of piperidine rings is 1. The van der Waals surface area contributed by atoms with Crippen LogP contribution in [0.25, 0.3) is 0 Å². The molecule has 1 unspecified atom stereocenters. The number of aliphatic hydroxyl groups is 3. The van der Waals surface area contributed by atoms with Crippen LogP contribution < -0.4 is 0 Å². The molecule has 0 aromatic carbocycles. The molecule has 1 aliphatic carbocycles. The molecule has 3 heterocycles. The van der Waals surface area contributed by atoms with Crippen molar-refractivity contribution in [3.8, 4) is 0 Å². The van der Waals surface area contributed by atoms with Gasteiger partial charge in [-0.25, -0.2) is 4.79 Å². The molecule has 4 rings (SSSR count). The minimum atomic E-state index is -2.42. The highest BCUT2D eigenvalue weighted by molar-refractivity contribution is 6.39. The number of ether oxygens (including phenoxy) is 4. The summed E-state index contributed by atoms with van der Waals surface area (Å²) in [5.41, 5.74) is 1.27. The van der Waals surface area contributed by atoms with Crippen molar-refractivity contribution >= 4 is 23.4 Å². The van der Waals surface area contributed by atoms with Crippen LogP contribution in [0.4, 0.5) is 0 Å². The molecule has 4 aliphatic rings. The number of fused-ring (bicyclic) bond motifs is 3. The smallest absolute Gasteiger partial charge is 0.329 e. The van der Waals surface area contributed by atoms with E-state index in [1.54, 1.807) is 28.1 Å². The summed E-state index contributed by atoms with van der Waals surface area (Å²) in [4.78, 5) is 58.0. The fourth-order valence-corrected chi connectivity index (χ4v) is 10.1. The van der Waals surface area contributed by atoms with Gasteiger partial charge in [0.15, 0.2) is 0 Å². The first kappa shape index (κ1) is 47.2. The third kappa shape index (κ3) is 11.0. The Bertz CT molecular complexity index is 1480. The molecule has 3 N–H and O–H groups in total. The summed E-state index contributed by atoms with van der Waals surface area (Å²) >= 11 is 0. The van der Waals surface area contributed by atoms with Crippen molar-refractivity contribution in [3.05, 3.63) is 23.3 Å². The molecule has 12 nitrogen and oxygen atoms in total. The highest BCUT2D eigenvalue weighted by Gasteiger charge is 2.56. The fourth-order valence-electron chi connectivity index (χ4n) is 10.1. The average Bonchev–Trinajstić information content (AvgIpc) is 3.18. The van der Waals surface area contributed by atoms with Gasteiger partial charge < -0.3 is 39.2 Å². The zero-order chi connectivity index (χ0) is 42.4. The standard InChI is InChI=1S/C45H73NO11/c1-11-31-20-26(3)19-27(4)21-37(54-9)40-32(12-2)22-29(6)45(53,57-40)41(50)42(51)46-18-14-13-15-33(46)43(52)56-39(30(7)35(48)23-36(31)49)28(5)24-44(8)17-16-34(47)38(25-44)55-10/h20,24,27,29-35,37-40,47-48,53H,11-19,21-23,25H2,1-10H3/b26-20+,28-24+/t27-,29+,30+,31+,32-,33?,34+,35-,37-,38+,39+,40+,44+,45+/m0/s1. The number of nitrogens with zero attached hydrogens (tertiary/aromatic N) is 1. The number of esters is 1. The first-order valence-electron chi connectivity index (χ1n) is 21.6. The second-order valence-electron chi connectivity index (χ2n) is 18.4. The van der Waals surface area contributed by atoms with Gasteiger partial charge >= 0.3 is 5.97 Å². The van der Waals surface area contributed by atoms with E-state index in [1.165, 1.54) is 4.90 Å². The topological polar surface area (TPSA) is 169 Å². The zero-order valence-corrected chi connectivity index (χ0v) is 36.3. The van der Waals surface area contributed by atoms with Crippen LogP contribution in [0.1, 0.15) is 132 Å². The number of hydrogen-bond acceptors (Lipinski definition) is 11. The number of aliphatic hydroxyl groups excluding tert-OH is 2. The van der Waals surface area contributed by atoms with Gasteiger partial charge in [-0.3, -0.25) is 14.4 Å². The largest absolute Gasteiger partial charge is 0.456 e. The lowest BCUT2D eigenvalue weighted by atomic mass is 9.71. The van der Waals surface area contributed by atoms with Crippen LogP contribution in [-0.4, -0.2) is 113 Å². The van der Waals surface area contributed by atoms with Gasteiger partial charge in [0.25, 0.3) is 11.7 Å². The van der Waals surface area contributed by atoms with Gasteiger partial charge in [-0.05, 0) is 101 Å². The van der Waals surface area contributed by atoms with E-state index >= 15 is 0 Å². The third-order valence-corrected chi connectivity index (χ3v) is 13.7. The summed E-state index contributed by atoms with van der Waals surface area (Å²) in [6.07, 6.45) is 5.66. The van der Waals surface area contributed by atoms with Crippen LogP contribution in [0.2, 0.25) is 0 Å². The number of methoxy groups -OCH3 is 2. The van der Waals surface area contributed by atoms with E-state index < -0.39 is 83.2 Å². The number of ketones is 2. The van der Waals surface area contributed by atoms with E-state index in [-0.39, 0.29) is 43.1 Å². The predicted molar refractivity (Wildman–Crippen MR) is 216 cm³/mol. The average molecular weight is 804 g/mol. The van der Waals surface area contributed by atoms with Crippen molar-refractivity contribution in [2.75, 3.05) is 20.8 Å². The molecule has 2 saturated heterocycles. The molecule has 0 spiro atoms. The minimum absolute atomic E-state index is 0.0404. The third-order valence-electron chi connectivity index (χ3n) is 13.7. The second kappa shape index (κ2) is 20.2. The van der Waals surface area contributed by atoms with Gasteiger partial charge in [-0.2, -0.15) is 0 Å². The van der Waals surface area contributed by atoms with Crippen molar-refractivity contribution in [1.29, 1.82) is 0 Å². The number of carbonyl (C=O) groups is 4. The fraction of sp³-hybridized carbons (Fsp3) is 0.822. The first-order chi connectivity index (χ1) is 26.8. The summed E-state index contributed by atoms with van der Waals surface area (Å²) in [6.45, 7) is 15.6. The lowest BCUT2D eigenvalue weighted by Gasteiger charge is -2.47. The maximum atomic E-state index is 14.4. The molecule has 0 radical (unpaired) electrons. The van der Waals surface area contributed by atoms with E-state index in [0.29, 0.717) is 69.8 Å². The van der Waals surface area contributed by atoms with Gasteiger partial charge in [-0.15, -0.1) is 0 Å². The normalized spacial score (nSPS) is 42.4. The Kier molecular flexibility index (Phi) is 16.7. The Hall–Kier alpha value is -2.48. The molecule has 3 aliphatic heterocycles. The quantitative estimate of drug-likeness (QED) is 0.167. The molecular weight excluding hydrogens is 730 g/mol. The van der Waals surface area contributed by atoms with Crippen molar-refractivity contribution in [2.24, 2.45) is 35.0 Å². The second-order valence-corrected chi connectivity index (χ2v) is 18.4. The summed E-state index contributed by atoms with van der Waals surface area (Å²) in [6, 6.07) is -1.12. The van der Waals surface area contributed by atoms with E-state index in [2.05, 4.69) is 13.8 Å². The molecule has 2 bridgehead atoms. The van der Waals surface area contributed by atoms with Crippen LogP contribution >= 0.6 is 0 Å². The van der Waals surface area contributed by atoms with Gasteiger partial charge in [0.1, 0.15) is 17.9 Å². The molecule has 3 fully saturated rings. The van der Waals surface area contributed by atoms with Crippen molar-refractivity contribution in [2.45, 2.75) is 181 Å². The number of allylic oxidation sites excluding steroid dienone is 3. The Balaban J connectivity index is 1.79. The Morgan fingerprint density at radius 2 is 1.65 bits per heavy atom. The van der Waals surface area contributed by atoms with Crippen LogP contribution in [-0.2, 0) is 38.1 Å². The molecule has 324 valence electrons. The first-order valence-corrected chi connectivity index (χ1v) is 21.6. The lowest BCUT2D eigenvalue weighted by molar-refractivity contribution is -0.292. The van der Waals surface area contributed by atoms with E-state index in [0.717, 1.165) is 5.57 Å². The highest BCUT2D eigenvalue weighted by Crippen LogP contribution is 2.43.